The van der Waals surface area contributed by atoms with Gasteiger partial charge < -0.3 is 10.3 Å². The van der Waals surface area contributed by atoms with Crippen LogP contribution in [-0.4, -0.2) is 16.9 Å². The molecule has 0 spiro atoms. The van der Waals surface area contributed by atoms with Gasteiger partial charge in [0.2, 0.25) is 0 Å². The molecule has 1 heterocycles. The second kappa shape index (κ2) is 7.01. The number of hydrogen-bond donors (Lipinski definition) is 2. The lowest BCUT2D eigenvalue weighted by atomic mass is 9.91. The molecular formula is C25H22N2O. The van der Waals surface area contributed by atoms with Gasteiger partial charge >= 0.3 is 0 Å². The molecule has 4 aromatic rings. The highest BCUT2D eigenvalue weighted by molar-refractivity contribution is 5.95. The highest BCUT2D eigenvalue weighted by Crippen LogP contribution is 2.29. The van der Waals surface area contributed by atoms with Crippen molar-refractivity contribution in [2.75, 3.05) is 0 Å². The predicted molar refractivity (Wildman–Crippen MR) is 113 cm³/mol. The zero-order valence-electron chi connectivity index (χ0n) is 15.6. The zero-order chi connectivity index (χ0) is 18.9. The summed E-state index contributed by atoms with van der Waals surface area (Å²) >= 11 is 0. The van der Waals surface area contributed by atoms with Gasteiger partial charge in [-0.25, -0.2) is 0 Å². The van der Waals surface area contributed by atoms with Gasteiger partial charge in [0, 0.05) is 34.6 Å². The lowest BCUT2D eigenvalue weighted by Crippen LogP contribution is -2.38. The van der Waals surface area contributed by atoms with E-state index in [9.17, 15) is 4.79 Å². The van der Waals surface area contributed by atoms with Crippen LogP contribution in [0.3, 0.4) is 0 Å². The average molecular weight is 366 g/mol. The second-order valence-electron chi connectivity index (χ2n) is 7.48. The molecular weight excluding hydrogens is 344 g/mol. The number of aromatic nitrogens is 1. The number of aromatic amines is 1. The van der Waals surface area contributed by atoms with Gasteiger partial charge in [-0.2, -0.15) is 0 Å². The number of amides is 1. The highest BCUT2D eigenvalue weighted by atomic mass is 16.1. The summed E-state index contributed by atoms with van der Waals surface area (Å²) in [7, 11) is 0. The molecule has 0 radical (unpaired) electrons. The van der Waals surface area contributed by atoms with E-state index >= 15 is 0 Å². The minimum atomic E-state index is 0.00386. The zero-order valence-corrected chi connectivity index (χ0v) is 15.6. The standard InChI is InChI=1S/C25H22N2O/c28-25(19-12-10-18(11-13-19)17-6-2-1-3-7-17)26-20-14-15-22-21-8-4-5-9-23(21)27-24(22)16-20/h1-13,20,27H,14-16H2,(H,26,28). The Morgan fingerprint density at radius 1 is 0.857 bits per heavy atom. The molecule has 1 aliphatic rings. The number of benzene rings is 3. The number of nitrogens with one attached hydrogen (secondary N) is 2. The van der Waals surface area contributed by atoms with E-state index in [2.05, 4.69) is 46.7 Å². The van der Waals surface area contributed by atoms with E-state index in [0.717, 1.165) is 30.4 Å². The summed E-state index contributed by atoms with van der Waals surface area (Å²) < 4.78 is 0. The predicted octanol–water partition coefficient (Wildman–Crippen LogP) is 5.12. The quantitative estimate of drug-likeness (QED) is 0.519. The molecule has 1 unspecified atom stereocenters. The Bertz CT molecular complexity index is 1130. The largest absolute Gasteiger partial charge is 0.358 e. The Labute approximate surface area is 164 Å². The van der Waals surface area contributed by atoms with Crippen molar-refractivity contribution in [2.45, 2.75) is 25.3 Å². The molecule has 138 valence electrons. The third-order valence-electron chi connectivity index (χ3n) is 5.68. The SMILES string of the molecule is O=C(NC1CCc2c([nH]c3ccccc23)C1)c1ccc(-c2ccccc2)cc1. The second-order valence-corrected chi connectivity index (χ2v) is 7.48. The molecule has 0 saturated heterocycles. The van der Waals surface area contributed by atoms with Gasteiger partial charge in [-0.05, 0) is 47.7 Å². The van der Waals surface area contributed by atoms with Crippen molar-refractivity contribution in [2.24, 2.45) is 0 Å². The molecule has 1 atom stereocenters. The molecule has 2 N–H and O–H groups in total. The Hall–Kier alpha value is -3.33. The molecule has 0 aliphatic heterocycles. The van der Waals surface area contributed by atoms with Crippen molar-refractivity contribution in [1.29, 1.82) is 0 Å². The first-order chi connectivity index (χ1) is 13.8. The van der Waals surface area contributed by atoms with Gasteiger partial charge in [0.05, 0.1) is 0 Å². The first-order valence-corrected chi connectivity index (χ1v) is 9.83. The van der Waals surface area contributed by atoms with E-state index < -0.39 is 0 Å². The van der Waals surface area contributed by atoms with Gasteiger partial charge in [0.25, 0.3) is 5.91 Å². The summed E-state index contributed by atoms with van der Waals surface area (Å²) in [6, 6.07) is 26.7. The van der Waals surface area contributed by atoms with Crippen molar-refractivity contribution in [3.8, 4) is 11.1 Å². The van der Waals surface area contributed by atoms with Crippen LogP contribution in [0.15, 0.2) is 78.9 Å². The van der Waals surface area contributed by atoms with Crippen LogP contribution < -0.4 is 5.32 Å². The maximum atomic E-state index is 12.7. The smallest absolute Gasteiger partial charge is 0.251 e. The minimum Gasteiger partial charge on any atom is -0.358 e. The van der Waals surface area contributed by atoms with Crippen LogP contribution in [0, 0.1) is 0 Å². The number of hydrogen-bond acceptors (Lipinski definition) is 1. The Morgan fingerprint density at radius 2 is 1.57 bits per heavy atom. The van der Waals surface area contributed by atoms with Crippen molar-refractivity contribution in [1.82, 2.24) is 10.3 Å². The Kier molecular flexibility index (Phi) is 4.21. The normalized spacial score (nSPS) is 15.9. The van der Waals surface area contributed by atoms with Gasteiger partial charge in [-0.15, -0.1) is 0 Å². The van der Waals surface area contributed by atoms with Crippen LogP contribution in [0.5, 0.6) is 0 Å². The number of para-hydroxylation sites is 1. The molecule has 3 nitrogen and oxygen atoms in total. The van der Waals surface area contributed by atoms with E-state index in [1.807, 2.05) is 42.5 Å². The third kappa shape index (κ3) is 3.09. The third-order valence-corrected chi connectivity index (χ3v) is 5.68. The van der Waals surface area contributed by atoms with Crippen LogP contribution in [0.25, 0.3) is 22.0 Å². The summed E-state index contributed by atoms with van der Waals surface area (Å²) in [5.41, 5.74) is 6.86. The summed E-state index contributed by atoms with van der Waals surface area (Å²) in [4.78, 5) is 16.3. The first kappa shape index (κ1) is 16.8. The van der Waals surface area contributed by atoms with E-state index in [-0.39, 0.29) is 11.9 Å². The van der Waals surface area contributed by atoms with Gasteiger partial charge in [-0.3, -0.25) is 4.79 Å². The lowest BCUT2D eigenvalue weighted by Gasteiger charge is -2.23. The van der Waals surface area contributed by atoms with Crippen molar-refractivity contribution < 1.29 is 4.79 Å². The van der Waals surface area contributed by atoms with Crippen LogP contribution in [0.4, 0.5) is 0 Å². The molecule has 3 aromatic carbocycles. The molecule has 28 heavy (non-hydrogen) atoms. The molecule has 0 saturated carbocycles. The maximum absolute atomic E-state index is 12.7. The Morgan fingerprint density at radius 3 is 2.39 bits per heavy atom. The van der Waals surface area contributed by atoms with Crippen molar-refractivity contribution >= 4 is 16.8 Å². The average Bonchev–Trinajstić information content (AvgIpc) is 3.12. The molecule has 1 amide bonds. The molecule has 5 rings (SSSR count). The number of aryl methyl sites for hydroxylation is 1. The number of carbonyl (C=O) groups is 1. The van der Waals surface area contributed by atoms with Crippen LogP contribution in [-0.2, 0) is 12.8 Å². The van der Waals surface area contributed by atoms with E-state index in [1.54, 1.807) is 0 Å². The van der Waals surface area contributed by atoms with Gasteiger partial charge in [-0.1, -0.05) is 60.7 Å². The summed E-state index contributed by atoms with van der Waals surface area (Å²) in [6.45, 7) is 0. The molecule has 1 aromatic heterocycles. The Balaban J connectivity index is 1.29. The van der Waals surface area contributed by atoms with Crippen molar-refractivity contribution in [3.63, 3.8) is 0 Å². The summed E-state index contributed by atoms with van der Waals surface area (Å²) in [6.07, 6.45) is 2.83. The van der Waals surface area contributed by atoms with E-state index in [1.165, 1.54) is 22.2 Å². The molecule has 1 aliphatic carbocycles. The van der Waals surface area contributed by atoms with Crippen LogP contribution >= 0.6 is 0 Å². The monoisotopic (exact) mass is 366 g/mol. The fourth-order valence-corrected chi connectivity index (χ4v) is 4.22. The minimum absolute atomic E-state index is 0.00386. The van der Waals surface area contributed by atoms with E-state index in [0.29, 0.717) is 5.56 Å². The lowest BCUT2D eigenvalue weighted by molar-refractivity contribution is 0.0933. The van der Waals surface area contributed by atoms with Gasteiger partial charge in [0.15, 0.2) is 0 Å². The summed E-state index contributed by atoms with van der Waals surface area (Å²) in [5, 5.41) is 4.54. The number of fused-ring (bicyclic) bond motifs is 3. The number of H-pyrrole nitrogens is 1. The van der Waals surface area contributed by atoms with Crippen LogP contribution in [0.1, 0.15) is 28.0 Å². The summed E-state index contributed by atoms with van der Waals surface area (Å²) in [5.74, 6) is 0.00386. The molecule has 0 bridgehead atoms. The van der Waals surface area contributed by atoms with Crippen LogP contribution in [0.2, 0.25) is 0 Å². The number of carbonyl (C=O) groups excluding carboxylic acids is 1. The topological polar surface area (TPSA) is 44.9 Å². The first-order valence-electron chi connectivity index (χ1n) is 9.83. The fourth-order valence-electron chi connectivity index (χ4n) is 4.22. The highest BCUT2D eigenvalue weighted by Gasteiger charge is 2.23. The molecule has 3 heteroatoms. The van der Waals surface area contributed by atoms with E-state index in [4.69, 9.17) is 0 Å². The molecule has 0 fully saturated rings. The maximum Gasteiger partial charge on any atom is 0.251 e. The fraction of sp³-hybridized carbons (Fsp3) is 0.160. The number of rotatable bonds is 3. The van der Waals surface area contributed by atoms with Crippen molar-refractivity contribution in [3.05, 3.63) is 95.7 Å². The van der Waals surface area contributed by atoms with Gasteiger partial charge in [0.1, 0.15) is 0 Å².